The van der Waals surface area contributed by atoms with Crippen molar-refractivity contribution in [2.75, 3.05) is 47.5 Å². The van der Waals surface area contributed by atoms with Crippen LogP contribution in [-0.4, -0.2) is 70.0 Å². The fraction of sp³-hybridized carbons (Fsp3) is 0.860. The Morgan fingerprint density at radius 3 is 1.55 bits per heavy atom. The maximum atomic E-state index is 12.6. The van der Waals surface area contributed by atoms with E-state index in [2.05, 4.69) is 38.2 Å². The van der Waals surface area contributed by atoms with Crippen LogP contribution in [0.15, 0.2) is 24.3 Å². The molecule has 0 radical (unpaired) electrons. The average Bonchev–Trinajstić information content (AvgIpc) is 3.10. The molecule has 1 unspecified atom stereocenters. The summed E-state index contributed by atoms with van der Waals surface area (Å²) in [5.41, 5.74) is 0. The Bertz CT molecular complexity index is 964. The summed E-state index contributed by atoms with van der Waals surface area (Å²) in [5.74, 6) is -0.845. The summed E-state index contributed by atoms with van der Waals surface area (Å²) in [6, 6.07) is 0. The van der Waals surface area contributed by atoms with Gasteiger partial charge in [-0.05, 0) is 38.5 Å². The van der Waals surface area contributed by atoms with Crippen LogP contribution in [0.5, 0.6) is 0 Å². The van der Waals surface area contributed by atoms with Crippen LogP contribution < -0.4 is 4.89 Å². The van der Waals surface area contributed by atoms with Crippen LogP contribution in [0.2, 0.25) is 0 Å². The Labute approximate surface area is 326 Å². The molecule has 9 nitrogen and oxygen atoms in total. The minimum Gasteiger partial charge on any atom is -0.756 e. The van der Waals surface area contributed by atoms with Crippen LogP contribution in [0.1, 0.15) is 187 Å². The number of carbonyl (C=O) groups is 2. The molecule has 53 heavy (non-hydrogen) atoms. The Balaban J connectivity index is 4.37. The zero-order valence-corrected chi connectivity index (χ0v) is 35.9. The highest BCUT2D eigenvalue weighted by atomic mass is 31.2. The third kappa shape index (κ3) is 40.0. The van der Waals surface area contributed by atoms with Crippen molar-refractivity contribution in [2.24, 2.45) is 0 Å². The number of esters is 2. The Morgan fingerprint density at radius 1 is 0.585 bits per heavy atom. The maximum absolute atomic E-state index is 12.6. The van der Waals surface area contributed by atoms with Crippen molar-refractivity contribution >= 4 is 19.8 Å². The molecule has 0 aromatic carbocycles. The molecule has 0 saturated heterocycles. The van der Waals surface area contributed by atoms with Crippen LogP contribution in [0, 0.1) is 0 Å². The Morgan fingerprint density at radius 2 is 1.04 bits per heavy atom. The van der Waals surface area contributed by atoms with E-state index in [4.69, 9.17) is 18.5 Å². The highest BCUT2D eigenvalue weighted by Gasteiger charge is 2.21. The third-order valence-electron chi connectivity index (χ3n) is 9.22. The number of allylic oxidation sites excluding steroid dienone is 4. The zero-order valence-electron chi connectivity index (χ0n) is 35.0. The van der Waals surface area contributed by atoms with Crippen LogP contribution in [-0.2, 0) is 32.7 Å². The van der Waals surface area contributed by atoms with Crippen molar-refractivity contribution in [1.82, 2.24) is 0 Å². The van der Waals surface area contributed by atoms with Gasteiger partial charge in [-0.3, -0.25) is 14.2 Å². The average molecular weight is 772 g/mol. The van der Waals surface area contributed by atoms with Crippen molar-refractivity contribution in [3.63, 3.8) is 0 Å². The summed E-state index contributed by atoms with van der Waals surface area (Å²) in [5, 5.41) is 0. The molecule has 312 valence electrons. The molecule has 0 saturated carbocycles. The van der Waals surface area contributed by atoms with Crippen molar-refractivity contribution in [1.29, 1.82) is 0 Å². The number of phosphoric acid groups is 1. The first-order valence-corrected chi connectivity index (χ1v) is 23.0. The standard InChI is InChI=1S/C43H82NO8P/c1-6-8-10-12-14-16-18-20-22-24-25-27-29-31-33-35-42(45)49-39-41(40-51-53(47,48)50-38-37-44(3,4)5)52-43(46)36-34-32-30-28-26-23-21-19-17-15-13-11-9-7-2/h13,15,19,21,41H,6-12,14,16-18,20,22-40H2,1-5H3/b15-13-,21-19-/t41-/m1/s1. The van der Waals surface area contributed by atoms with E-state index in [1.165, 1.54) is 89.9 Å². The molecule has 0 aromatic rings. The number of ether oxygens (including phenoxy) is 2. The van der Waals surface area contributed by atoms with Gasteiger partial charge < -0.3 is 27.9 Å². The van der Waals surface area contributed by atoms with E-state index in [-0.39, 0.29) is 32.0 Å². The highest BCUT2D eigenvalue weighted by Crippen LogP contribution is 2.38. The van der Waals surface area contributed by atoms with E-state index in [1.54, 1.807) is 0 Å². The second-order valence-electron chi connectivity index (χ2n) is 15.7. The topological polar surface area (TPSA) is 111 Å². The first-order valence-electron chi connectivity index (χ1n) is 21.5. The molecular formula is C43H82NO8P. The smallest absolute Gasteiger partial charge is 0.306 e. The maximum Gasteiger partial charge on any atom is 0.306 e. The second-order valence-corrected chi connectivity index (χ2v) is 17.1. The lowest BCUT2D eigenvalue weighted by atomic mass is 10.0. The van der Waals surface area contributed by atoms with Gasteiger partial charge in [0.25, 0.3) is 7.82 Å². The number of unbranched alkanes of at least 4 members (excludes halogenated alkanes) is 21. The normalized spacial score (nSPS) is 13.8. The van der Waals surface area contributed by atoms with Crippen LogP contribution >= 0.6 is 7.82 Å². The van der Waals surface area contributed by atoms with Gasteiger partial charge in [0.15, 0.2) is 6.10 Å². The van der Waals surface area contributed by atoms with Gasteiger partial charge in [0.05, 0.1) is 27.7 Å². The lowest BCUT2D eigenvalue weighted by Crippen LogP contribution is -2.37. The summed E-state index contributed by atoms with van der Waals surface area (Å²) in [7, 11) is 1.16. The molecular weight excluding hydrogens is 689 g/mol. The van der Waals surface area contributed by atoms with Crippen LogP contribution in [0.3, 0.4) is 0 Å². The molecule has 2 atom stereocenters. The molecule has 0 aliphatic rings. The molecule has 0 aliphatic carbocycles. The number of nitrogens with zero attached hydrogens (tertiary/aromatic N) is 1. The number of quaternary nitrogens is 1. The van der Waals surface area contributed by atoms with E-state index < -0.39 is 26.5 Å². The molecule has 0 spiro atoms. The van der Waals surface area contributed by atoms with Crippen molar-refractivity contribution in [3.8, 4) is 0 Å². The van der Waals surface area contributed by atoms with Gasteiger partial charge in [0.1, 0.15) is 19.8 Å². The van der Waals surface area contributed by atoms with E-state index in [0.717, 1.165) is 64.2 Å². The third-order valence-corrected chi connectivity index (χ3v) is 10.2. The quantitative estimate of drug-likeness (QED) is 0.0200. The lowest BCUT2D eigenvalue weighted by molar-refractivity contribution is -0.870. The summed E-state index contributed by atoms with van der Waals surface area (Å²) < 4.78 is 33.8. The van der Waals surface area contributed by atoms with Crippen LogP contribution in [0.25, 0.3) is 0 Å². The molecule has 0 bridgehead atoms. The second kappa shape index (κ2) is 36.1. The van der Waals surface area contributed by atoms with Gasteiger partial charge in [-0.1, -0.05) is 160 Å². The van der Waals surface area contributed by atoms with Crippen LogP contribution in [0.4, 0.5) is 0 Å². The number of carbonyl (C=O) groups excluding carboxylic acids is 2. The SMILES string of the molecule is CCCC/C=C\C/C=C\CCCCCCCC(=O)O[C@H](COC(=O)CCCCCCCCCCCCCCCCC)COP(=O)([O-])OCC[N+](C)(C)C. The molecule has 0 aromatic heterocycles. The molecule has 0 heterocycles. The number of hydrogen-bond donors (Lipinski definition) is 0. The van der Waals surface area contributed by atoms with Gasteiger partial charge in [0, 0.05) is 12.8 Å². The molecule has 0 fully saturated rings. The summed E-state index contributed by atoms with van der Waals surface area (Å²) in [6.07, 6.45) is 37.7. The monoisotopic (exact) mass is 772 g/mol. The predicted molar refractivity (Wildman–Crippen MR) is 218 cm³/mol. The Hall–Kier alpha value is -1.51. The van der Waals surface area contributed by atoms with Crippen molar-refractivity contribution < 1.29 is 42.1 Å². The number of likely N-dealkylation sites (N-methyl/N-ethyl adjacent to an activating group) is 1. The van der Waals surface area contributed by atoms with Gasteiger partial charge in [-0.2, -0.15) is 0 Å². The van der Waals surface area contributed by atoms with Gasteiger partial charge >= 0.3 is 11.9 Å². The highest BCUT2D eigenvalue weighted by molar-refractivity contribution is 7.45. The summed E-state index contributed by atoms with van der Waals surface area (Å²) in [6.45, 7) is 4.18. The molecule has 0 amide bonds. The fourth-order valence-electron chi connectivity index (χ4n) is 5.79. The van der Waals surface area contributed by atoms with Crippen molar-refractivity contribution in [3.05, 3.63) is 24.3 Å². The van der Waals surface area contributed by atoms with E-state index >= 15 is 0 Å². The van der Waals surface area contributed by atoms with E-state index in [9.17, 15) is 19.0 Å². The molecule has 0 N–H and O–H groups in total. The van der Waals surface area contributed by atoms with E-state index in [0.29, 0.717) is 17.4 Å². The molecule has 0 rings (SSSR count). The minimum absolute atomic E-state index is 0.0320. The van der Waals surface area contributed by atoms with Gasteiger partial charge in [-0.25, -0.2) is 0 Å². The summed E-state index contributed by atoms with van der Waals surface area (Å²) in [4.78, 5) is 37.5. The van der Waals surface area contributed by atoms with E-state index in [1.807, 2.05) is 21.1 Å². The zero-order chi connectivity index (χ0) is 39.3. The van der Waals surface area contributed by atoms with Crippen molar-refractivity contribution in [2.45, 2.75) is 193 Å². The number of rotatable bonds is 39. The van der Waals surface area contributed by atoms with Gasteiger partial charge in [0.2, 0.25) is 0 Å². The largest absolute Gasteiger partial charge is 0.756 e. The lowest BCUT2D eigenvalue weighted by Gasteiger charge is -2.28. The molecule has 0 aliphatic heterocycles. The minimum atomic E-state index is -4.62. The predicted octanol–water partition coefficient (Wildman–Crippen LogP) is 11.3. The van der Waals surface area contributed by atoms with Gasteiger partial charge in [-0.15, -0.1) is 0 Å². The fourth-order valence-corrected chi connectivity index (χ4v) is 6.52. The summed E-state index contributed by atoms with van der Waals surface area (Å²) >= 11 is 0. The first kappa shape index (κ1) is 51.5. The molecule has 10 heteroatoms. The first-order chi connectivity index (χ1) is 25.5. The number of phosphoric ester groups is 1. The Kier molecular flexibility index (Phi) is 35.1. The number of hydrogen-bond acceptors (Lipinski definition) is 8.